The maximum atomic E-state index is 13.8. The average Bonchev–Trinajstić information content (AvgIpc) is 2.95. The van der Waals surface area contributed by atoms with Crippen LogP contribution in [0.5, 0.6) is 0 Å². The van der Waals surface area contributed by atoms with Crippen molar-refractivity contribution in [3.8, 4) is 11.1 Å². The van der Waals surface area contributed by atoms with Crippen LogP contribution in [-0.4, -0.2) is 32.1 Å². The number of benzene rings is 3. The molecule has 0 spiro atoms. The van der Waals surface area contributed by atoms with E-state index in [4.69, 9.17) is 4.74 Å². The Hall–Kier alpha value is -3.86. The molecule has 1 aliphatic rings. The number of esters is 1. The summed E-state index contributed by atoms with van der Waals surface area (Å²) in [5.41, 5.74) is 6.25. The molecule has 1 saturated carbocycles. The van der Waals surface area contributed by atoms with Gasteiger partial charge in [0.05, 0.1) is 12.6 Å². The molecule has 3 aromatic carbocycles. The fourth-order valence-electron chi connectivity index (χ4n) is 5.04. The van der Waals surface area contributed by atoms with Gasteiger partial charge in [0.1, 0.15) is 0 Å². The summed E-state index contributed by atoms with van der Waals surface area (Å²) in [6, 6.07) is 24.8. The minimum Gasteiger partial charge on any atom is -0.460 e. The predicted molar refractivity (Wildman–Crippen MR) is 161 cm³/mol. The van der Waals surface area contributed by atoms with Gasteiger partial charge in [-0.05, 0) is 79.3 Å². The summed E-state index contributed by atoms with van der Waals surface area (Å²) in [5, 5.41) is 0. The molecule has 1 aliphatic carbocycles. The highest BCUT2D eigenvalue weighted by atomic mass is 16.5. The van der Waals surface area contributed by atoms with Crippen LogP contribution in [-0.2, 0) is 20.9 Å². The number of ether oxygens (including phenoxy) is 1. The normalized spacial score (nSPS) is 14.0. The van der Waals surface area contributed by atoms with Crippen LogP contribution in [0.3, 0.4) is 0 Å². The van der Waals surface area contributed by atoms with Gasteiger partial charge in [-0.25, -0.2) is 4.79 Å². The summed E-state index contributed by atoms with van der Waals surface area (Å²) in [5.74, 6) is -0.145. The number of nitrogens with zero attached hydrogens (tertiary/aromatic N) is 2. The molecule has 0 atom stereocenters. The molecule has 1 fully saturated rings. The van der Waals surface area contributed by atoms with Gasteiger partial charge < -0.3 is 14.5 Å². The quantitative estimate of drug-likeness (QED) is 0.215. The molecule has 0 aromatic heterocycles. The molecular weight excluding hydrogens is 484 g/mol. The Balaban J connectivity index is 1.56. The van der Waals surface area contributed by atoms with E-state index in [1.165, 1.54) is 18.2 Å². The first-order chi connectivity index (χ1) is 18.8. The van der Waals surface area contributed by atoms with E-state index < -0.39 is 0 Å². The maximum absolute atomic E-state index is 13.8. The summed E-state index contributed by atoms with van der Waals surface area (Å²) in [4.78, 5) is 29.8. The minimum atomic E-state index is -0.373. The Morgan fingerprint density at radius 2 is 1.51 bits per heavy atom. The van der Waals surface area contributed by atoms with Crippen LogP contribution < -0.4 is 9.80 Å². The van der Waals surface area contributed by atoms with E-state index >= 15 is 0 Å². The summed E-state index contributed by atoms with van der Waals surface area (Å²) in [6.45, 7) is 4.15. The zero-order valence-electron chi connectivity index (χ0n) is 23.6. The number of rotatable bonds is 9. The number of hydrogen-bond acceptors (Lipinski definition) is 4. The number of carbonyl (C=O) groups excluding carboxylic acids is 2. The van der Waals surface area contributed by atoms with E-state index in [-0.39, 0.29) is 23.9 Å². The van der Waals surface area contributed by atoms with Crippen molar-refractivity contribution in [2.75, 3.05) is 23.9 Å². The van der Waals surface area contributed by atoms with E-state index in [1.807, 2.05) is 57.1 Å². The molecule has 0 unspecified atom stereocenters. The molecule has 5 nitrogen and oxygen atoms in total. The SMILES string of the molecule is CC(C)OC(=O)/C=C/c1cccc(N(Cc2ccc(-c3ccc(N(C)C)cc3)cc2)C(=O)C2CCCCC2)c1. The highest BCUT2D eigenvalue weighted by Gasteiger charge is 2.27. The van der Waals surface area contributed by atoms with Crippen LogP contribution in [0.25, 0.3) is 17.2 Å². The molecule has 0 aliphatic heterocycles. The monoisotopic (exact) mass is 524 g/mol. The Labute approximate surface area is 233 Å². The molecule has 204 valence electrons. The predicted octanol–water partition coefficient (Wildman–Crippen LogP) is 7.50. The molecule has 4 rings (SSSR count). The van der Waals surface area contributed by atoms with E-state index in [2.05, 4.69) is 53.4 Å². The van der Waals surface area contributed by atoms with Gasteiger partial charge in [0.2, 0.25) is 5.91 Å². The van der Waals surface area contributed by atoms with Crippen LogP contribution in [0.4, 0.5) is 11.4 Å². The third-order valence-corrected chi connectivity index (χ3v) is 7.18. The van der Waals surface area contributed by atoms with Crippen LogP contribution in [0.1, 0.15) is 57.1 Å². The molecule has 5 heteroatoms. The molecule has 0 N–H and O–H groups in total. The highest BCUT2D eigenvalue weighted by molar-refractivity contribution is 5.95. The highest BCUT2D eigenvalue weighted by Crippen LogP contribution is 2.30. The van der Waals surface area contributed by atoms with E-state index in [9.17, 15) is 9.59 Å². The van der Waals surface area contributed by atoms with Crippen molar-refractivity contribution in [2.45, 2.75) is 58.6 Å². The molecule has 1 amide bonds. The van der Waals surface area contributed by atoms with Crippen molar-refractivity contribution < 1.29 is 14.3 Å². The van der Waals surface area contributed by atoms with Gasteiger partial charge >= 0.3 is 5.97 Å². The Morgan fingerprint density at radius 3 is 2.13 bits per heavy atom. The lowest BCUT2D eigenvalue weighted by atomic mass is 9.88. The zero-order valence-corrected chi connectivity index (χ0v) is 23.6. The number of anilines is 2. The minimum absolute atomic E-state index is 0.0495. The standard InChI is InChI=1S/C34H40N2O3/c1-25(2)39-33(37)22-15-26-9-8-12-32(23-26)36(34(38)30-10-6-5-7-11-30)24-27-13-16-28(17-14-27)29-18-20-31(21-19-29)35(3)4/h8-9,12-23,25,30H,5-7,10-11,24H2,1-4H3/b22-15+. The lowest BCUT2D eigenvalue weighted by Gasteiger charge is -2.30. The summed E-state index contributed by atoms with van der Waals surface area (Å²) in [6.07, 6.45) is 8.31. The van der Waals surface area contributed by atoms with Gasteiger partial charge in [-0.15, -0.1) is 0 Å². The second-order valence-corrected chi connectivity index (χ2v) is 10.8. The Kier molecular flexibility index (Phi) is 9.59. The molecule has 3 aromatic rings. The number of hydrogen-bond donors (Lipinski definition) is 0. The van der Waals surface area contributed by atoms with E-state index in [1.54, 1.807) is 6.08 Å². The van der Waals surface area contributed by atoms with Crippen LogP contribution in [0, 0.1) is 5.92 Å². The molecule has 0 bridgehead atoms. The van der Waals surface area contributed by atoms with Crippen molar-refractivity contribution in [3.05, 3.63) is 90.0 Å². The smallest absolute Gasteiger partial charge is 0.331 e. The van der Waals surface area contributed by atoms with Gasteiger partial charge in [-0.3, -0.25) is 4.79 Å². The summed E-state index contributed by atoms with van der Waals surface area (Å²) >= 11 is 0. The van der Waals surface area contributed by atoms with Crippen molar-refractivity contribution in [2.24, 2.45) is 5.92 Å². The molecule has 0 radical (unpaired) electrons. The summed E-state index contributed by atoms with van der Waals surface area (Å²) < 4.78 is 5.21. The van der Waals surface area contributed by atoms with Crippen LogP contribution in [0.2, 0.25) is 0 Å². The maximum Gasteiger partial charge on any atom is 0.331 e. The van der Waals surface area contributed by atoms with Gasteiger partial charge in [0, 0.05) is 37.5 Å². The summed E-state index contributed by atoms with van der Waals surface area (Å²) in [7, 11) is 4.08. The lowest BCUT2D eigenvalue weighted by Crippen LogP contribution is -2.36. The van der Waals surface area contributed by atoms with E-state index in [0.717, 1.165) is 53.6 Å². The third kappa shape index (κ3) is 7.82. The first-order valence-corrected chi connectivity index (χ1v) is 14.0. The molecular formula is C34H40N2O3. The largest absolute Gasteiger partial charge is 0.460 e. The van der Waals surface area contributed by atoms with Gasteiger partial charge in [-0.2, -0.15) is 0 Å². The first kappa shape index (κ1) is 28.2. The lowest BCUT2D eigenvalue weighted by molar-refractivity contribution is -0.141. The second kappa shape index (κ2) is 13.3. The molecule has 39 heavy (non-hydrogen) atoms. The van der Waals surface area contributed by atoms with E-state index in [0.29, 0.717) is 6.54 Å². The second-order valence-electron chi connectivity index (χ2n) is 10.8. The van der Waals surface area contributed by atoms with Crippen LogP contribution in [0.15, 0.2) is 78.9 Å². The topological polar surface area (TPSA) is 49.9 Å². The molecule has 0 heterocycles. The average molecular weight is 525 g/mol. The van der Waals surface area contributed by atoms with Crippen molar-refractivity contribution in [3.63, 3.8) is 0 Å². The number of amides is 1. The van der Waals surface area contributed by atoms with Crippen LogP contribution >= 0.6 is 0 Å². The Morgan fingerprint density at radius 1 is 0.872 bits per heavy atom. The number of carbonyl (C=O) groups is 2. The van der Waals surface area contributed by atoms with Crippen molar-refractivity contribution in [1.29, 1.82) is 0 Å². The zero-order chi connectivity index (χ0) is 27.8. The van der Waals surface area contributed by atoms with Gasteiger partial charge in [-0.1, -0.05) is 67.8 Å². The van der Waals surface area contributed by atoms with Crippen molar-refractivity contribution in [1.82, 2.24) is 0 Å². The van der Waals surface area contributed by atoms with Gasteiger partial charge in [0.25, 0.3) is 0 Å². The first-order valence-electron chi connectivity index (χ1n) is 14.0. The van der Waals surface area contributed by atoms with Crippen molar-refractivity contribution >= 4 is 29.3 Å². The van der Waals surface area contributed by atoms with Gasteiger partial charge in [0.15, 0.2) is 0 Å². The third-order valence-electron chi connectivity index (χ3n) is 7.18. The fraction of sp³-hybridized carbons (Fsp3) is 0.353. The fourth-order valence-corrected chi connectivity index (χ4v) is 5.04. The molecule has 0 saturated heterocycles. The Bertz CT molecular complexity index is 1270.